The van der Waals surface area contributed by atoms with E-state index < -0.39 is 10.0 Å². The summed E-state index contributed by atoms with van der Waals surface area (Å²) in [6.45, 7) is 6.48. The quantitative estimate of drug-likeness (QED) is 0.611. The molecule has 0 saturated carbocycles. The van der Waals surface area contributed by atoms with Crippen LogP contribution in [0.1, 0.15) is 42.5 Å². The van der Waals surface area contributed by atoms with Gasteiger partial charge in [0.2, 0.25) is 15.9 Å². The van der Waals surface area contributed by atoms with E-state index in [2.05, 4.69) is 29.6 Å². The van der Waals surface area contributed by atoms with E-state index >= 15 is 0 Å². The number of sulfonamides is 1. The molecule has 1 saturated heterocycles. The molecule has 6 heteroatoms. The number of hydrogen-bond donors (Lipinski definition) is 1. The lowest BCUT2D eigenvalue weighted by Gasteiger charge is -2.31. The second-order valence-electron chi connectivity index (χ2n) is 8.78. The van der Waals surface area contributed by atoms with Crippen molar-refractivity contribution in [1.82, 2.24) is 9.62 Å². The smallest absolute Gasteiger partial charge is 0.243 e. The van der Waals surface area contributed by atoms with Gasteiger partial charge in [-0.25, -0.2) is 8.42 Å². The van der Waals surface area contributed by atoms with Gasteiger partial charge in [-0.3, -0.25) is 4.79 Å². The molecule has 0 bridgehead atoms. The molecule has 0 radical (unpaired) electrons. The van der Waals surface area contributed by atoms with Gasteiger partial charge in [0.05, 0.1) is 10.9 Å². The van der Waals surface area contributed by atoms with Crippen LogP contribution in [-0.2, 0) is 14.8 Å². The molecule has 4 rings (SSSR count). The first kappa shape index (κ1) is 22.5. The Morgan fingerprint density at radius 3 is 2.34 bits per heavy atom. The molecule has 1 N–H and O–H groups in total. The van der Waals surface area contributed by atoms with Gasteiger partial charge in [0.1, 0.15) is 0 Å². The Morgan fingerprint density at radius 1 is 0.969 bits per heavy atom. The van der Waals surface area contributed by atoms with Crippen molar-refractivity contribution in [2.75, 3.05) is 13.1 Å². The lowest BCUT2D eigenvalue weighted by Crippen LogP contribution is -2.43. The fourth-order valence-corrected chi connectivity index (χ4v) is 6.15. The van der Waals surface area contributed by atoms with Crippen LogP contribution in [0.25, 0.3) is 10.8 Å². The number of hydrogen-bond acceptors (Lipinski definition) is 3. The zero-order chi connectivity index (χ0) is 22.9. The van der Waals surface area contributed by atoms with Gasteiger partial charge < -0.3 is 5.32 Å². The molecule has 5 nitrogen and oxygen atoms in total. The molecule has 1 fully saturated rings. The van der Waals surface area contributed by atoms with E-state index in [1.54, 1.807) is 6.07 Å². The maximum atomic E-state index is 13.1. The van der Waals surface area contributed by atoms with Crippen LogP contribution in [0, 0.1) is 19.8 Å². The standard InChI is InChI=1S/C26H30N2O3S/c1-18-8-11-25(19(2)16-18)32(30,31)28-14-12-22(13-15-28)26(29)27-20(3)23-10-9-21-6-4-5-7-24(21)17-23/h4-11,16-17,20,22H,12-15H2,1-3H3,(H,27,29)/t20-/m1/s1. The van der Waals surface area contributed by atoms with Crippen LogP contribution in [0.2, 0.25) is 0 Å². The first-order valence-corrected chi connectivity index (χ1v) is 12.6. The van der Waals surface area contributed by atoms with Crippen LogP contribution in [0.15, 0.2) is 65.6 Å². The van der Waals surface area contributed by atoms with Gasteiger partial charge in [-0.15, -0.1) is 0 Å². The molecule has 1 atom stereocenters. The Kier molecular flexibility index (Phi) is 6.35. The van der Waals surface area contributed by atoms with E-state index in [9.17, 15) is 13.2 Å². The highest BCUT2D eigenvalue weighted by molar-refractivity contribution is 7.89. The molecule has 3 aromatic carbocycles. The predicted octanol–water partition coefficient (Wildman–Crippen LogP) is 4.73. The molecule has 3 aromatic rings. The van der Waals surface area contributed by atoms with Gasteiger partial charge in [0, 0.05) is 19.0 Å². The highest BCUT2D eigenvalue weighted by atomic mass is 32.2. The molecule has 168 valence electrons. The van der Waals surface area contributed by atoms with Gasteiger partial charge in [-0.2, -0.15) is 4.31 Å². The number of benzene rings is 3. The predicted molar refractivity (Wildman–Crippen MR) is 128 cm³/mol. The Morgan fingerprint density at radius 2 is 1.66 bits per heavy atom. The monoisotopic (exact) mass is 450 g/mol. The molecule has 0 aromatic heterocycles. The number of carbonyl (C=O) groups is 1. The summed E-state index contributed by atoms with van der Waals surface area (Å²) in [4.78, 5) is 13.2. The molecule has 1 heterocycles. The average molecular weight is 451 g/mol. The number of carbonyl (C=O) groups excluding carboxylic acids is 1. The highest BCUT2D eigenvalue weighted by Gasteiger charge is 2.33. The lowest BCUT2D eigenvalue weighted by molar-refractivity contribution is -0.126. The third-order valence-corrected chi connectivity index (χ3v) is 8.46. The molecule has 32 heavy (non-hydrogen) atoms. The maximum Gasteiger partial charge on any atom is 0.243 e. The van der Waals surface area contributed by atoms with Crippen molar-refractivity contribution in [2.24, 2.45) is 5.92 Å². The largest absolute Gasteiger partial charge is 0.349 e. The Hall–Kier alpha value is -2.70. The maximum absolute atomic E-state index is 13.1. The summed E-state index contributed by atoms with van der Waals surface area (Å²) in [5.41, 5.74) is 2.86. The van der Waals surface area contributed by atoms with E-state index in [-0.39, 0.29) is 17.9 Å². The summed E-state index contributed by atoms with van der Waals surface area (Å²) < 4.78 is 27.7. The molecule has 0 spiro atoms. The molecule has 1 aliphatic rings. The summed E-state index contributed by atoms with van der Waals surface area (Å²) in [6, 6.07) is 19.7. The minimum absolute atomic E-state index is 0.00535. The number of nitrogens with one attached hydrogen (secondary N) is 1. The van der Waals surface area contributed by atoms with Crippen molar-refractivity contribution >= 4 is 26.7 Å². The van der Waals surface area contributed by atoms with Crippen LogP contribution in [0.4, 0.5) is 0 Å². The molecule has 0 unspecified atom stereocenters. The first-order chi connectivity index (χ1) is 15.3. The summed E-state index contributed by atoms with van der Waals surface area (Å²) in [6.07, 6.45) is 1.06. The van der Waals surface area contributed by atoms with Crippen LogP contribution in [0.5, 0.6) is 0 Å². The van der Waals surface area contributed by atoms with E-state index in [0.717, 1.165) is 22.1 Å². The highest BCUT2D eigenvalue weighted by Crippen LogP contribution is 2.27. The fraction of sp³-hybridized carbons (Fsp3) is 0.346. The van der Waals surface area contributed by atoms with Crippen molar-refractivity contribution in [2.45, 2.75) is 44.6 Å². The number of aryl methyl sites for hydroxylation is 2. The number of amides is 1. The van der Waals surface area contributed by atoms with Crippen molar-refractivity contribution in [3.63, 3.8) is 0 Å². The summed E-state index contributed by atoms with van der Waals surface area (Å²) in [5.74, 6) is -0.183. The fourth-order valence-electron chi connectivity index (χ4n) is 4.48. The van der Waals surface area contributed by atoms with Gasteiger partial charge in [-0.05, 0) is 67.6 Å². The molecular weight excluding hydrogens is 420 g/mol. The second-order valence-corrected chi connectivity index (χ2v) is 10.7. The molecule has 1 amide bonds. The van der Waals surface area contributed by atoms with Crippen molar-refractivity contribution in [3.8, 4) is 0 Å². The number of nitrogens with zero attached hydrogens (tertiary/aromatic N) is 1. The minimum atomic E-state index is -3.54. The van der Waals surface area contributed by atoms with Gasteiger partial charge in [0.25, 0.3) is 0 Å². The molecule has 1 aliphatic heterocycles. The van der Waals surface area contributed by atoms with E-state index in [0.29, 0.717) is 30.8 Å². The third-order valence-electron chi connectivity index (χ3n) is 6.41. The summed E-state index contributed by atoms with van der Waals surface area (Å²) in [7, 11) is -3.54. The summed E-state index contributed by atoms with van der Waals surface area (Å²) >= 11 is 0. The van der Waals surface area contributed by atoms with E-state index in [1.165, 1.54) is 9.69 Å². The Balaban J connectivity index is 1.38. The average Bonchev–Trinajstić information content (AvgIpc) is 2.78. The normalized spacial score (nSPS) is 16.7. The first-order valence-electron chi connectivity index (χ1n) is 11.1. The Bertz CT molecular complexity index is 1240. The molecular formula is C26H30N2O3S. The number of piperidine rings is 1. The zero-order valence-corrected chi connectivity index (χ0v) is 19.7. The van der Waals surface area contributed by atoms with Crippen LogP contribution in [0.3, 0.4) is 0 Å². The van der Waals surface area contributed by atoms with Crippen LogP contribution >= 0.6 is 0 Å². The third kappa shape index (κ3) is 4.57. The minimum Gasteiger partial charge on any atom is -0.349 e. The van der Waals surface area contributed by atoms with E-state index in [1.807, 2.05) is 51.1 Å². The lowest BCUT2D eigenvalue weighted by atomic mass is 9.96. The van der Waals surface area contributed by atoms with E-state index in [4.69, 9.17) is 0 Å². The van der Waals surface area contributed by atoms with Crippen molar-refractivity contribution < 1.29 is 13.2 Å². The molecule has 0 aliphatic carbocycles. The number of rotatable bonds is 5. The number of fused-ring (bicyclic) bond motifs is 1. The van der Waals surface area contributed by atoms with Crippen molar-refractivity contribution in [1.29, 1.82) is 0 Å². The van der Waals surface area contributed by atoms with Gasteiger partial charge >= 0.3 is 0 Å². The van der Waals surface area contributed by atoms with Crippen LogP contribution < -0.4 is 5.32 Å². The van der Waals surface area contributed by atoms with Gasteiger partial charge in [0.15, 0.2) is 0 Å². The zero-order valence-electron chi connectivity index (χ0n) is 18.8. The summed E-state index contributed by atoms with van der Waals surface area (Å²) in [5, 5.41) is 5.45. The van der Waals surface area contributed by atoms with Gasteiger partial charge in [-0.1, -0.05) is 54.1 Å². The topological polar surface area (TPSA) is 66.5 Å². The second kappa shape index (κ2) is 9.04. The Labute approximate surface area is 190 Å². The van der Waals surface area contributed by atoms with Crippen LogP contribution in [-0.4, -0.2) is 31.7 Å². The SMILES string of the molecule is Cc1ccc(S(=O)(=O)N2CCC(C(=O)N[C@H](C)c3ccc4ccccc4c3)CC2)c(C)c1. The van der Waals surface area contributed by atoms with Crippen molar-refractivity contribution in [3.05, 3.63) is 77.4 Å².